The molecule has 2 atom stereocenters. The molecule has 1 aliphatic heterocycles. The van der Waals surface area contributed by atoms with Gasteiger partial charge >= 0.3 is 18.0 Å². The van der Waals surface area contributed by atoms with Crippen molar-refractivity contribution in [3.05, 3.63) is 0 Å². The number of methoxy groups -OCH3 is 1. The van der Waals surface area contributed by atoms with Crippen LogP contribution in [0.25, 0.3) is 0 Å². The van der Waals surface area contributed by atoms with Crippen LogP contribution in [0.4, 0.5) is 4.79 Å². The summed E-state index contributed by atoms with van der Waals surface area (Å²) in [6, 6.07) is -0.630. The number of rotatable bonds is 5. The molecule has 0 aliphatic carbocycles. The molecule has 3 amide bonds. The predicted octanol–water partition coefficient (Wildman–Crippen LogP) is -1.28. The Balaban J connectivity index is 2.78. The molecule has 9 nitrogen and oxygen atoms in total. The number of carboxylic acid groups (broad SMARTS) is 1. The second-order valence-corrected chi connectivity index (χ2v) is 5.01. The Labute approximate surface area is 121 Å². The van der Waals surface area contributed by atoms with Crippen molar-refractivity contribution in [2.45, 2.75) is 6.92 Å². The van der Waals surface area contributed by atoms with Gasteiger partial charge in [-0.3, -0.25) is 14.4 Å². The first-order chi connectivity index (χ1) is 9.76. The van der Waals surface area contributed by atoms with E-state index < -0.39 is 42.9 Å². The number of carbonyl (C=O) groups is 4. The number of urea groups is 1. The molecular formula is C12H19N3O6. The van der Waals surface area contributed by atoms with E-state index in [9.17, 15) is 19.2 Å². The van der Waals surface area contributed by atoms with Gasteiger partial charge in [0.2, 0.25) is 5.91 Å². The van der Waals surface area contributed by atoms with E-state index in [-0.39, 0.29) is 19.0 Å². The van der Waals surface area contributed by atoms with Crippen LogP contribution in [0.1, 0.15) is 6.92 Å². The highest BCUT2D eigenvalue weighted by Crippen LogP contribution is 2.24. The van der Waals surface area contributed by atoms with Crippen LogP contribution in [0.3, 0.4) is 0 Å². The van der Waals surface area contributed by atoms with Gasteiger partial charge in [-0.2, -0.15) is 0 Å². The van der Waals surface area contributed by atoms with Crippen molar-refractivity contribution in [1.82, 2.24) is 9.80 Å². The summed E-state index contributed by atoms with van der Waals surface area (Å²) in [5.74, 6) is -3.04. The third-order valence-corrected chi connectivity index (χ3v) is 3.33. The average Bonchev–Trinajstić information content (AvgIpc) is 2.77. The van der Waals surface area contributed by atoms with E-state index in [0.29, 0.717) is 0 Å². The summed E-state index contributed by atoms with van der Waals surface area (Å²) in [6.45, 7) is 1.09. The molecule has 1 fully saturated rings. The highest BCUT2D eigenvalue weighted by atomic mass is 16.5. The lowest BCUT2D eigenvalue weighted by atomic mass is 9.99. The number of esters is 1. The molecule has 2 unspecified atom stereocenters. The topological polar surface area (TPSA) is 130 Å². The van der Waals surface area contributed by atoms with Gasteiger partial charge in [-0.05, 0) is 5.92 Å². The molecule has 0 aromatic heterocycles. The molecule has 0 aromatic rings. The first-order valence-electron chi connectivity index (χ1n) is 6.38. The molecule has 0 spiro atoms. The van der Waals surface area contributed by atoms with Gasteiger partial charge in [-0.25, -0.2) is 4.79 Å². The lowest BCUT2D eigenvalue weighted by Crippen LogP contribution is -2.48. The first kappa shape index (κ1) is 16.7. The average molecular weight is 301 g/mol. The highest BCUT2D eigenvalue weighted by molar-refractivity contribution is 5.86. The fraction of sp³-hybridized carbons (Fsp3) is 0.667. The van der Waals surface area contributed by atoms with Crippen LogP contribution in [0.5, 0.6) is 0 Å². The second kappa shape index (κ2) is 6.91. The fourth-order valence-electron chi connectivity index (χ4n) is 2.32. The van der Waals surface area contributed by atoms with Crippen LogP contribution < -0.4 is 5.73 Å². The van der Waals surface area contributed by atoms with Crippen molar-refractivity contribution in [2.24, 2.45) is 17.6 Å². The first-order valence-corrected chi connectivity index (χ1v) is 6.38. The number of ether oxygens (including phenoxy) is 1. The van der Waals surface area contributed by atoms with E-state index >= 15 is 0 Å². The molecule has 1 heterocycles. The summed E-state index contributed by atoms with van der Waals surface area (Å²) in [6.07, 6.45) is 0. The number of likely N-dealkylation sites (tertiary alicyclic amines) is 1. The van der Waals surface area contributed by atoms with Crippen molar-refractivity contribution in [2.75, 3.05) is 33.3 Å². The Morgan fingerprint density at radius 1 is 1.29 bits per heavy atom. The molecule has 0 radical (unpaired) electrons. The van der Waals surface area contributed by atoms with Gasteiger partial charge in [0.25, 0.3) is 0 Å². The van der Waals surface area contributed by atoms with Crippen molar-refractivity contribution < 1.29 is 29.0 Å². The van der Waals surface area contributed by atoms with E-state index in [1.54, 1.807) is 6.92 Å². The zero-order chi connectivity index (χ0) is 16.2. The summed E-state index contributed by atoms with van der Waals surface area (Å²) in [7, 11) is 1.27. The molecule has 1 rings (SSSR count). The number of hydrogen-bond donors (Lipinski definition) is 2. The zero-order valence-corrected chi connectivity index (χ0v) is 11.9. The molecule has 0 bridgehead atoms. The molecule has 21 heavy (non-hydrogen) atoms. The molecule has 3 N–H and O–H groups in total. The zero-order valence-electron chi connectivity index (χ0n) is 11.9. The van der Waals surface area contributed by atoms with Gasteiger partial charge in [0.1, 0.15) is 13.1 Å². The van der Waals surface area contributed by atoms with Crippen molar-refractivity contribution >= 4 is 23.9 Å². The van der Waals surface area contributed by atoms with Crippen LogP contribution in [-0.2, 0) is 19.1 Å². The van der Waals surface area contributed by atoms with E-state index in [2.05, 4.69) is 4.74 Å². The summed E-state index contributed by atoms with van der Waals surface area (Å²) < 4.78 is 4.66. The van der Waals surface area contributed by atoms with Crippen molar-refractivity contribution in [3.8, 4) is 0 Å². The van der Waals surface area contributed by atoms with Gasteiger partial charge in [0, 0.05) is 13.1 Å². The summed E-state index contributed by atoms with van der Waals surface area (Å²) in [5, 5.41) is 8.78. The normalized spacial score (nSPS) is 21.0. The number of nitrogens with zero attached hydrogens (tertiary/aromatic N) is 2. The number of carbonyl (C=O) groups excluding carboxylic acids is 3. The minimum atomic E-state index is -1.25. The Morgan fingerprint density at radius 3 is 2.38 bits per heavy atom. The van der Waals surface area contributed by atoms with Crippen LogP contribution in [0.15, 0.2) is 0 Å². The van der Waals surface area contributed by atoms with Gasteiger partial charge in [0.05, 0.1) is 13.0 Å². The largest absolute Gasteiger partial charge is 0.480 e. The second-order valence-electron chi connectivity index (χ2n) is 5.01. The van der Waals surface area contributed by atoms with Crippen LogP contribution in [-0.4, -0.2) is 72.1 Å². The van der Waals surface area contributed by atoms with Crippen LogP contribution in [0, 0.1) is 11.8 Å². The van der Waals surface area contributed by atoms with Gasteiger partial charge < -0.3 is 25.4 Å². The summed E-state index contributed by atoms with van der Waals surface area (Å²) >= 11 is 0. The Hall–Kier alpha value is -2.32. The minimum Gasteiger partial charge on any atom is -0.480 e. The third kappa shape index (κ3) is 4.33. The number of primary amides is 1. The van der Waals surface area contributed by atoms with Gasteiger partial charge in [-0.15, -0.1) is 0 Å². The maximum absolute atomic E-state index is 12.2. The summed E-state index contributed by atoms with van der Waals surface area (Å²) in [4.78, 5) is 47.7. The smallest absolute Gasteiger partial charge is 0.323 e. The minimum absolute atomic E-state index is 0.110. The molecule has 118 valence electrons. The quantitative estimate of drug-likeness (QED) is 0.608. The Morgan fingerprint density at radius 2 is 1.90 bits per heavy atom. The van der Waals surface area contributed by atoms with E-state index in [1.807, 2.05) is 0 Å². The van der Waals surface area contributed by atoms with Crippen LogP contribution in [0.2, 0.25) is 0 Å². The van der Waals surface area contributed by atoms with Crippen molar-refractivity contribution in [1.29, 1.82) is 0 Å². The lowest BCUT2D eigenvalue weighted by molar-refractivity contribution is -0.146. The monoisotopic (exact) mass is 301 g/mol. The maximum Gasteiger partial charge on any atom is 0.323 e. The standard InChI is InChI=1S/C12H19N3O6/c1-7-3-14(4-8(7)11(19)21-2)12(20)15(5-9(13)16)6-10(17)18/h7-8H,3-6H2,1-2H3,(H2,13,16)(H,17,18). The molecular weight excluding hydrogens is 282 g/mol. The highest BCUT2D eigenvalue weighted by Gasteiger charge is 2.39. The SMILES string of the molecule is COC(=O)C1CN(C(=O)N(CC(N)=O)CC(=O)O)CC1C. The Kier molecular flexibility index (Phi) is 5.51. The number of carboxylic acids is 1. The number of nitrogens with two attached hydrogens (primary N) is 1. The van der Waals surface area contributed by atoms with E-state index in [0.717, 1.165) is 4.90 Å². The number of hydrogen-bond acceptors (Lipinski definition) is 5. The molecule has 0 aromatic carbocycles. The predicted molar refractivity (Wildman–Crippen MR) is 70.0 cm³/mol. The van der Waals surface area contributed by atoms with Crippen LogP contribution >= 0.6 is 0 Å². The van der Waals surface area contributed by atoms with Gasteiger partial charge in [-0.1, -0.05) is 6.92 Å². The molecule has 0 saturated carbocycles. The van der Waals surface area contributed by atoms with E-state index in [1.165, 1.54) is 12.0 Å². The number of amides is 3. The lowest BCUT2D eigenvalue weighted by Gasteiger charge is -2.25. The fourth-order valence-corrected chi connectivity index (χ4v) is 2.32. The van der Waals surface area contributed by atoms with Gasteiger partial charge in [0.15, 0.2) is 0 Å². The third-order valence-electron chi connectivity index (χ3n) is 3.33. The molecule has 9 heteroatoms. The van der Waals surface area contributed by atoms with E-state index in [4.69, 9.17) is 10.8 Å². The Bertz CT molecular complexity index is 436. The number of aliphatic carboxylic acids is 1. The molecule has 1 saturated heterocycles. The summed E-state index contributed by atoms with van der Waals surface area (Å²) in [5.41, 5.74) is 5.01. The van der Waals surface area contributed by atoms with Crippen molar-refractivity contribution in [3.63, 3.8) is 0 Å². The molecule has 1 aliphatic rings. The maximum atomic E-state index is 12.2.